The first kappa shape index (κ1) is 15.7. The fraction of sp³-hybridized carbons (Fsp3) is 0.0667. The van der Waals surface area contributed by atoms with Crippen molar-refractivity contribution in [2.75, 3.05) is 4.72 Å². The third-order valence-electron chi connectivity index (χ3n) is 3.04. The van der Waals surface area contributed by atoms with Gasteiger partial charge >= 0.3 is 0 Å². The van der Waals surface area contributed by atoms with E-state index in [-0.39, 0.29) is 0 Å². The highest BCUT2D eigenvalue weighted by Crippen LogP contribution is 2.27. The van der Waals surface area contributed by atoms with E-state index in [1.807, 2.05) is 34.9 Å². The van der Waals surface area contributed by atoms with Crippen LogP contribution in [0.25, 0.3) is 0 Å². The van der Waals surface area contributed by atoms with Crippen LogP contribution in [0.15, 0.2) is 71.0 Å². The summed E-state index contributed by atoms with van der Waals surface area (Å²) >= 11 is -0.573. The number of nitrogens with one attached hydrogen (secondary N) is 1. The molecule has 1 unspecified atom stereocenters. The fourth-order valence-electron chi connectivity index (χ4n) is 2.01. The molecule has 3 rings (SSSR count). The van der Waals surface area contributed by atoms with Crippen molar-refractivity contribution in [3.63, 3.8) is 0 Å². The van der Waals surface area contributed by atoms with Gasteiger partial charge < -0.3 is 4.57 Å². The van der Waals surface area contributed by atoms with Crippen molar-refractivity contribution in [2.24, 2.45) is 0 Å². The number of rotatable bonds is 6. The molecule has 2 aromatic carbocycles. The van der Waals surface area contributed by atoms with Crippen LogP contribution < -0.4 is 4.72 Å². The van der Waals surface area contributed by atoms with Crippen LogP contribution in [0, 0.1) is 0 Å². The Morgan fingerprint density at radius 1 is 1.13 bits per heavy atom. The molecule has 0 saturated heterocycles. The molecule has 3 aromatic rings. The van der Waals surface area contributed by atoms with Gasteiger partial charge in [-0.3, -0.25) is 9.27 Å². The van der Waals surface area contributed by atoms with Gasteiger partial charge in [-0.25, -0.2) is 4.21 Å². The van der Waals surface area contributed by atoms with Crippen LogP contribution in [0.1, 0.15) is 5.56 Å². The summed E-state index contributed by atoms with van der Waals surface area (Å²) < 4.78 is 23.9. The lowest BCUT2D eigenvalue weighted by molar-refractivity contribution is 0.570. The largest absolute Gasteiger partial charge is 0.304 e. The Balaban J connectivity index is 1.71. The maximum absolute atomic E-state index is 10.7. The lowest BCUT2D eigenvalue weighted by atomic mass is 10.2. The van der Waals surface area contributed by atoms with Crippen molar-refractivity contribution in [3.8, 4) is 0 Å². The summed E-state index contributed by atoms with van der Waals surface area (Å²) in [5.74, 6) is 0. The van der Waals surface area contributed by atoms with E-state index in [0.29, 0.717) is 12.2 Å². The van der Waals surface area contributed by atoms with E-state index in [4.69, 9.17) is 4.55 Å². The zero-order valence-corrected chi connectivity index (χ0v) is 13.6. The van der Waals surface area contributed by atoms with Crippen LogP contribution in [0.4, 0.5) is 5.69 Å². The summed E-state index contributed by atoms with van der Waals surface area (Å²) in [5.41, 5.74) is 1.76. The molecule has 1 aromatic heterocycles. The summed E-state index contributed by atoms with van der Waals surface area (Å²) in [7, 11) is 0. The Bertz CT molecular complexity index is 791. The van der Waals surface area contributed by atoms with Crippen LogP contribution in [0.5, 0.6) is 0 Å². The Labute approximate surface area is 140 Å². The molecule has 1 atom stereocenters. The summed E-state index contributed by atoms with van der Waals surface area (Å²) in [6.07, 6.45) is 1.71. The maximum atomic E-state index is 10.7. The average Bonchev–Trinajstić information content (AvgIpc) is 2.97. The molecule has 0 bridgehead atoms. The zero-order valence-electron chi connectivity index (χ0n) is 12.0. The molecule has 0 fully saturated rings. The second-order valence-corrected chi connectivity index (χ2v) is 6.45. The molecule has 0 aliphatic heterocycles. The van der Waals surface area contributed by atoms with Crippen molar-refractivity contribution in [1.82, 2.24) is 14.8 Å². The first-order chi connectivity index (χ1) is 11.2. The number of hydrogen-bond acceptors (Lipinski definition) is 4. The van der Waals surface area contributed by atoms with Crippen LogP contribution in [-0.4, -0.2) is 23.5 Å². The number of benzene rings is 2. The van der Waals surface area contributed by atoms with E-state index < -0.39 is 11.3 Å². The molecule has 0 aliphatic carbocycles. The Kier molecular flexibility index (Phi) is 5.06. The van der Waals surface area contributed by atoms with Crippen LogP contribution >= 0.6 is 11.8 Å². The maximum Gasteiger partial charge on any atom is 0.259 e. The average molecular weight is 346 g/mol. The minimum absolute atomic E-state index is 0.584. The Morgan fingerprint density at radius 2 is 1.87 bits per heavy atom. The summed E-state index contributed by atoms with van der Waals surface area (Å²) in [5, 5.41) is 8.92. The molecule has 23 heavy (non-hydrogen) atoms. The molecule has 0 aliphatic rings. The van der Waals surface area contributed by atoms with E-state index >= 15 is 0 Å². The molecule has 118 valence electrons. The number of hydrogen-bond donors (Lipinski definition) is 2. The normalized spacial score (nSPS) is 12.0. The van der Waals surface area contributed by atoms with Crippen molar-refractivity contribution in [3.05, 3.63) is 66.5 Å². The summed E-state index contributed by atoms with van der Waals surface area (Å²) in [6.45, 7) is 0.708. The molecule has 1 heterocycles. The van der Waals surface area contributed by atoms with Crippen molar-refractivity contribution < 1.29 is 8.76 Å². The molecule has 0 spiro atoms. The van der Waals surface area contributed by atoms with Gasteiger partial charge in [0.25, 0.3) is 11.3 Å². The van der Waals surface area contributed by atoms with Gasteiger partial charge in [-0.1, -0.05) is 30.3 Å². The van der Waals surface area contributed by atoms with Crippen molar-refractivity contribution in [1.29, 1.82) is 0 Å². The smallest absolute Gasteiger partial charge is 0.259 e. The molecule has 8 heteroatoms. The highest BCUT2D eigenvalue weighted by atomic mass is 32.2. The predicted octanol–water partition coefficient (Wildman–Crippen LogP) is 3.03. The van der Waals surface area contributed by atoms with E-state index in [1.54, 1.807) is 18.5 Å². The molecule has 2 N–H and O–H groups in total. The minimum atomic E-state index is -2.06. The zero-order chi connectivity index (χ0) is 16.1. The van der Waals surface area contributed by atoms with Gasteiger partial charge in [-0.05, 0) is 41.6 Å². The highest BCUT2D eigenvalue weighted by molar-refractivity contribution is 7.99. The van der Waals surface area contributed by atoms with Gasteiger partial charge in [0.2, 0.25) is 0 Å². The van der Waals surface area contributed by atoms with Crippen molar-refractivity contribution in [2.45, 2.75) is 16.6 Å². The number of anilines is 1. The topological polar surface area (TPSA) is 80.0 Å². The predicted molar refractivity (Wildman–Crippen MR) is 90.5 cm³/mol. The van der Waals surface area contributed by atoms with E-state index in [9.17, 15) is 4.21 Å². The molecule has 6 nitrogen and oxygen atoms in total. The van der Waals surface area contributed by atoms with Crippen LogP contribution in [0.2, 0.25) is 0 Å². The quantitative estimate of drug-likeness (QED) is 0.671. The number of aromatic nitrogens is 3. The highest BCUT2D eigenvalue weighted by Gasteiger charge is 2.07. The lowest BCUT2D eigenvalue weighted by Gasteiger charge is -2.07. The standard InChI is InChI=1S/C15H14N4O2S2/c20-23(21)18-13-6-8-14(9-7-13)22-15-17-16-11-19(15)10-12-4-2-1-3-5-12/h1-9,11,18H,10H2,(H,20,21). The third-order valence-corrected chi connectivity index (χ3v) is 4.46. The van der Waals surface area contributed by atoms with E-state index in [0.717, 1.165) is 10.1 Å². The molecular weight excluding hydrogens is 332 g/mol. The van der Waals surface area contributed by atoms with Crippen LogP contribution in [-0.2, 0) is 17.8 Å². The first-order valence-corrected chi connectivity index (χ1v) is 8.70. The van der Waals surface area contributed by atoms with Crippen molar-refractivity contribution >= 4 is 28.7 Å². The van der Waals surface area contributed by atoms with Gasteiger partial charge in [-0.2, -0.15) is 0 Å². The third kappa shape index (κ3) is 4.41. The molecular formula is C15H14N4O2S2. The second-order valence-electron chi connectivity index (χ2n) is 4.70. The molecule has 0 radical (unpaired) electrons. The summed E-state index contributed by atoms with van der Waals surface area (Å²) in [4.78, 5) is 0.974. The van der Waals surface area contributed by atoms with Crippen LogP contribution in [0.3, 0.4) is 0 Å². The van der Waals surface area contributed by atoms with Gasteiger partial charge in [0.1, 0.15) is 6.33 Å². The number of nitrogens with zero attached hydrogens (tertiary/aromatic N) is 3. The van der Waals surface area contributed by atoms with E-state index in [1.165, 1.54) is 17.3 Å². The molecule has 0 amide bonds. The fourth-order valence-corrected chi connectivity index (χ4v) is 3.15. The first-order valence-electron chi connectivity index (χ1n) is 6.78. The Hall–Kier alpha value is -2.16. The van der Waals surface area contributed by atoms with Gasteiger partial charge in [0.15, 0.2) is 5.16 Å². The lowest BCUT2D eigenvalue weighted by Crippen LogP contribution is -2.01. The molecule has 0 saturated carbocycles. The van der Waals surface area contributed by atoms with Gasteiger partial charge in [-0.15, -0.1) is 10.2 Å². The summed E-state index contributed by atoms with van der Waals surface area (Å²) in [6, 6.07) is 17.3. The second kappa shape index (κ2) is 7.40. The minimum Gasteiger partial charge on any atom is -0.304 e. The van der Waals surface area contributed by atoms with E-state index in [2.05, 4.69) is 27.1 Å². The van der Waals surface area contributed by atoms with Gasteiger partial charge in [0, 0.05) is 10.6 Å². The van der Waals surface area contributed by atoms with Gasteiger partial charge in [0.05, 0.1) is 6.54 Å². The SMILES string of the molecule is O=S(O)Nc1ccc(Sc2nncn2Cc2ccccc2)cc1. The Morgan fingerprint density at radius 3 is 2.57 bits per heavy atom. The monoisotopic (exact) mass is 346 g/mol.